The zero-order valence-corrected chi connectivity index (χ0v) is 25.1. The van der Waals surface area contributed by atoms with Crippen LogP contribution in [0.4, 0.5) is 0 Å². The first kappa shape index (κ1) is 40.1. The molecule has 13 nitrogen and oxygen atoms in total. The molecule has 0 spiro atoms. The van der Waals surface area contributed by atoms with E-state index in [1.165, 1.54) is 38.5 Å². The molecule has 0 aliphatic heterocycles. The van der Waals surface area contributed by atoms with Gasteiger partial charge in [0.25, 0.3) is 0 Å². The summed E-state index contributed by atoms with van der Waals surface area (Å²) < 4.78 is 9.88. The summed E-state index contributed by atoms with van der Waals surface area (Å²) in [5.41, 5.74) is -3.06. The summed E-state index contributed by atoms with van der Waals surface area (Å²) in [6, 6.07) is 0. The molecule has 0 saturated carbocycles. The highest BCUT2D eigenvalue weighted by molar-refractivity contribution is 5.89. The molecule has 248 valence electrons. The van der Waals surface area contributed by atoms with Crippen molar-refractivity contribution in [3.05, 3.63) is 12.2 Å². The summed E-state index contributed by atoms with van der Waals surface area (Å²) in [6.07, 6.45) is 7.16. The van der Waals surface area contributed by atoms with E-state index in [0.717, 1.165) is 32.1 Å². The Hall–Kier alpha value is -2.87. The molecular formula is C30H50O13. The first-order chi connectivity index (χ1) is 20.4. The van der Waals surface area contributed by atoms with E-state index in [1.54, 1.807) is 0 Å². The van der Waals surface area contributed by atoms with Crippen molar-refractivity contribution in [2.45, 2.75) is 140 Å². The van der Waals surface area contributed by atoms with E-state index in [-0.39, 0.29) is 12.7 Å². The van der Waals surface area contributed by atoms with Gasteiger partial charge in [0.15, 0.2) is 24.1 Å². The monoisotopic (exact) mass is 618 g/mol. The molecular weight excluding hydrogens is 568 g/mol. The largest absolute Gasteiger partial charge is 0.481 e. The quantitative estimate of drug-likeness (QED) is 0.0337. The van der Waals surface area contributed by atoms with Gasteiger partial charge in [0.1, 0.15) is 12.2 Å². The van der Waals surface area contributed by atoms with E-state index in [1.807, 2.05) is 0 Å². The topological polar surface area (TPSA) is 225 Å². The van der Waals surface area contributed by atoms with Crippen molar-refractivity contribution < 1.29 is 64.1 Å². The van der Waals surface area contributed by atoms with Crippen molar-refractivity contribution in [3.8, 4) is 0 Å². The number of unbranched alkanes of at least 4 members (excludes halogenated alkanes) is 11. The molecule has 0 aromatic rings. The maximum absolute atomic E-state index is 12.4. The van der Waals surface area contributed by atoms with Crippen LogP contribution in [0, 0.1) is 0 Å². The molecule has 1 unspecified atom stereocenters. The van der Waals surface area contributed by atoms with Gasteiger partial charge in [-0.3, -0.25) is 19.2 Å². The fourth-order valence-electron chi connectivity index (χ4n) is 4.28. The number of aliphatic hydroxyl groups is 4. The average Bonchev–Trinajstić information content (AvgIpc) is 2.95. The summed E-state index contributed by atoms with van der Waals surface area (Å²) in [6.45, 7) is 1.20. The summed E-state index contributed by atoms with van der Waals surface area (Å²) >= 11 is 0. The van der Waals surface area contributed by atoms with E-state index < -0.39 is 73.3 Å². The van der Waals surface area contributed by atoms with Gasteiger partial charge in [-0.2, -0.15) is 0 Å². The number of hydrogen-bond acceptors (Lipinski definition) is 11. The lowest BCUT2D eigenvalue weighted by molar-refractivity contribution is -0.189. The van der Waals surface area contributed by atoms with E-state index in [0.29, 0.717) is 12.8 Å². The fraction of sp³-hybridized carbons (Fsp3) is 0.767. The molecule has 0 aliphatic carbocycles. The molecule has 0 saturated heterocycles. The Morgan fingerprint density at radius 2 is 1.30 bits per heavy atom. The Morgan fingerprint density at radius 3 is 1.79 bits per heavy atom. The summed E-state index contributed by atoms with van der Waals surface area (Å²) in [5.74, 6) is -6.20. The van der Waals surface area contributed by atoms with Gasteiger partial charge in [0, 0.05) is 6.42 Å². The summed E-state index contributed by atoms with van der Waals surface area (Å²) in [5, 5.41) is 57.3. The van der Waals surface area contributed by atoms with E-state index in [2.05, 4.69) is 19.1 Å². The fourth-order valence-corrected chi connectivity index (χ4v) is 4.28. The Bertz CT molecular complexity index is 859. The van der Waals surface area contributed by atoms with Crippen molar-refractivity contribution in [1.29, 1.82) is 0 Å². The Kier molecular flexibility index (Phi) is 22.0. The lowest BCUT2D eigenvalue weighted by Gasteiger charge is -2.30. The molecule has 0 aromatic heterocycles. The second-order valence-electron chi connectivity index (χ2n) is 10.7. The van der Waals surface area contributed by atoms with Gasteiger partial charge in [-0.25, -0.2) is 4.79 Å². The minimum absolute atomic E-state index is 0.0533. The third kappa shape index (κ3) is 18.4. The smallest absolute Gasteiger partial charge is 0.336 e. The molecule has 0 fully saturated rings. The molecule has 0 aliphatic rings. The lowest BCUT2D eigenvalue weighted by atomic mass is 9.95. The SMILES string of the molecule is CCCCCCCC/C=C\CCCCCCCC(=O)O[C@@H]([C@H](O)[C@H](O)CO)[C@H](C=O)OC(=O)CC(O)(CC(=O)O)C(=O)O. The zero-order valence-electron chi connectivity index (χ0n) is 25.1. The summed E-state index contributed by atoms with van der Waals surface area (Å²) in [7, 11) is 0. The third-order valence-corrected chi connectivity index (χ3v) is 6.83. The Balaban J connectivity index is 4.72. The second kappa shape index (κ2) is 23.6. The third-order valence-electron chi connectivity index (χ3n) is 6.83. The van der Waals surface area contributed by atoms with Crippen LogP contribution in [0.1, 0.15) is 110 Å². The van der Waals surface area contributed by atoms with Gasteiger partial charge in [-0.15, -0.1) is 0 Å². The number of ether oxygens (including phenoxy) is 2. The van der Waals surface area contributed by atoms with Crippen LogP contribution >= 0.6 is 0 Å². The molecule has 0 rings (SSSR count). The van der Waals surface area contributed by atoms with Gasteiger partial charge in [-0.05, 0) is 32.1 Å². The Morgan fingerprint density at radius 1 is 0.767 bits per heavy atom. The molecule has 5 atom stereocenters. The van der Waals surface area contributed by atoms with E-state index in [9.17, 15) is 39.3 Å². The first-order valence-corrected chi connectivity index (χ1v) is 15.1. The number of hydrogen-bond donors (Lipinski definition) is 6. The summed E-state index contributed by atoms with van der Waals surface area (Å²) in [4.78, 5) is 58.5. The van der Waals surface area contributed by atoms with Crippen LogP contribution in [-0.4, -0.2) is 97.4 Å². The number of rotatable bonds is 27. The highest BCUT2D eigenvalue weighted by Crippen LogP contribution is 2.20. The minimum atomic E-state index is -3.06. The number of esters is 2. The van der Waals surface area contributed by atoms with Crippen LogP contribution in [0.25, 0.3) is 0 Å². The number of carbonyl (C=O) groups excluding carboxylic acids is 3. The number of allylic oxidation sites excluding steroid dienone is 2. The predicted octanol–water partition coefficient (Wildman–Crippen LogP) is 2.44. The number of carbonyl (C=O) groups is 5. The maximum Gasteiger partial charge on any atom is 0.336 e. The molecule has 6 N–H and O–H groups in total. The molecule has 0 aromatic carbocycles. The molecule has 43 heavy (non-hydrogen) atoms. The van der Waals surface area contributed by atoms with E-state index >= 15 is 0 Å². The number of aliphatic hydroxyl groups excluding tert-OH is 3. The number of carboxylic acids is 2. The van der Waals surface area contributed by atoms with Gasteiger partial charge < -0.3 is 40.1 Å². The number of carboxylic acid groups (broad SMARTS) is 2. The second-order valence-corrected chi connectivity index (χ2v) is 10.7. The van der Waals surface area contributed by atoms with Crippen molar-refractivity contribution in [3.63, 3.8) is 0 Å². The molecule has 0 bridgehead atoms. The standard InChI is InChI=1S/C30H50O13/c1-2-3-4-5-6-7-8-9-10-11-12-13-14-15-16-17-25(36)43-28(27(38)22(33)20-31)23(21-32)42-26(37)19-30(41,29(39)40)18-24(34)35/h9-10,21-23,27-28,31,33,38,41H,2-8,11-20H2,1H3,(H,34,35)(H,39,40)/b10-9-/t22-,23+,27-,28-,30?/m1/s1. The van der Waals surface area contributed by atoms with Crippen LogP contribution < -0.4 is 0 Å². The zero-order chi connectivity index (χ0) is 32.7. The number of aldehydes is 1. The highest BCUT2D eigenvalue weighted by atomic mass is 16.6. The van der Waals surface area contributed by atoms with E-state index in [4.69, 9.17) is 24.8 Å². The van der Waals surface area contributed by atoms with Crippen LogP contribution in [0.3, 0.4) is 0 Å². The van der Waals surface area contributed by atoms with Gasteiger partial charge in [-0.1, -0.05) is 70.4 Å². The minimum Gasteiger partial charge on any atom is -0.481 e. The van der Waals surface area contributed by atoms with Crippen molar-refractivity contribution in [2.75, 3.05) is 6.61 Å². The van der Waals surface area contributed by atoms with Crippen molar-refractivity contribution in [1.82, 2.24) is 0 Å². The average molecular weight is 619 g/mol. The van der Waals surface area contributed by atoms with Crippen LogP contribution in [-0.2, 0) is 33.4 Å². The van der Waals surface area contributed by atoms with Gasteiger partial charge in [0.05, 0.1) is 19.4 Å². The maximum atomic E-state index is 12.4. The predicted molar refractivity (Wildman–Crippen MR) is 154 cm³/mol. The van der Waals surface area contributed by atoms with Crippen LogP contribution in [0.15, 0.2) is 12.2 Å². The molecule has 0 amide bonds. The van der Waals surface area contributed by atoms with Crippen LogP contribution in [0.5, 0.6) is 0 Å². The molecule has 0 radical (unpaired) electrons. The number of aliphatic carboxylic acids is 2. The van der Waals surface area contributed by atoms with Crippen LogP contribution in [0.2, 0.25) is 0 Å². The molecule has 13 heteroatoms. The Labute approximate surface area is 252 Å². The molecule has 0 heterocycles. The van der Waals surface area contributed by atoms with Crippen molar-refractivity contribution >= 4 is 30.2 Å². The normalized spacial score (nSPS) is 15.7. The highest BCUT2D eigenvalue weighted by Gasteiger charge is 2.44. The van der Waals surface area contributed by atoms with Crippen molar-refractivity contribution in [2.24, 2.45) is 0 Å². The van der Waals surface area contributed by atoms with Gasteiger partial charge >= 0.3 is 23.9 Å². The lowest BCUT2D eigenvalue weighted by Crippen LogP contribution is -2.51. The first-order valence-electron chi connectivity index (χ1n) is 15.1. The van der Waals surface area contributed by atoms with Gasteiger partial charge in [0.2, 0.25) is 0 Å².